The first-order valence-corrected chi connectivity index (χ1v) is 9.79. The van der Waals surface area contributed by atoms with E-state index >= 15 is 0 Å². The number of hydrogen-bond acceptors (Lipinski definition) is 4. The van der Waals surface area contributed by atoms with E-state index in [-0.39, 0.29) is 17.9 Å². The monoisotopic (exact) mass is 437 g/mol. The molecule has 5 nitrogen and oxygen atoms in total. The number of carbonyl (C=O) groups is 1. The van der Waals surface area contributed by atoms with Crippen LogP contribution in [-0.2, 0) is 24.0 Å². The molecule has 0 aromatic heterocycles. The third kappa shape index (κ3) is 5.69. The van der Waals surface area contributed by atoms with Crippen LogP contribution in [0.25, 0.3) is 0 Å². The maximum atomic E-state index is 12.4. The SMILES string of the molecule is C=C(C)CC(NS(=O)(=O)c1ccc(CI)cc1)C(=O)OCC. The zero-order chi connectivity index (χ0) is 16.8. The van der Waals surface area contributed by atoms with E-state index in [1.165, 1.54) is 12.1 Å². The van der Waals surface area contributed by atoms with Crippen LogP contribution >= 0.6 is 22.6 Å². The highest BCUT2D eigenvalue weighted by molar-refractivity contribution is 14.1. The number of sulfonamides is 1. The van der Waals surface area contributed by atoms with Crippen LogP contribution in [0.3, 0.4) is 0 Å². The van der Waals surface area contributed by atoms with Gasteiger partial charge < -0.3 is 4.74 Å². The summed E-state index contributed by atoms with van der Waals surface area (Å²) in [6.45, 7) is 7.32. The molecule has 22 heavy (non-hydrogen) atoms. The minimum absolute atomic E-state index is 0.122. The minimum Gasteiger partial charge on any atom is -0.465 e. The fraction of sp³-hybridized carbons (Fsp3) is 0.400. The smallest absolute Gasteiger partial charge is 0.324 e. The molecule has 1 rings (SSSR count). The molecule has 0 aliphatic carbocycles. The highest BCUT2D eigenvalue weighted by atomic mass is 127. The van der Waals surface area contributed by atoms with Crippen LogP contribution in [0.15, 0.2) is 41.3 Å². The zero-order valence-corrected chi connectivity index (χ0v) is 15.6. The molecule has 0 aliphatic heterocycles. The number of alkyl halides is 1. The van der Waals surface area contributed by atoms with Gasteiger partial charge in [0.2, 0.25) is 10.0 Å². The predicted molar refractivity (Wildman–Crippen MR) is 94.3 cm³/mol. The fourth-order valence-corrected chi connectivity index (χ4v) is 3.47. The number of benzene rings is 1. The van der Waals surface area contributed by atoms with E-state index in [9.17, 15) is 13.2 Å². The summed E-state index contributed by atoms with van der Waals surface area (Å²) in [6, 6.07) is 5.59. The largest absolute Gasteiger partial charge is 0.465 e. The van der Waals surface area contributed by atoms with Crippen molar-refractivity contribution in [2.45, 2.75) is 35.6 Å². The Hall–Kier alpha value is -0.930. The van der Waals surface area contributed by atoms with Crippen molar-refractivity contribution in [3.63, 3.8) is 0 Å². The Kier molecular flexibility index (Phi) is 7.51. The van der Waals surface area contributed by atoms with Gasteiger partial charge in [0.1, 0.15) is 6.04 Å². The van der Waals surface area contributed by atoms with Gasteiger partial charge >= 0.3 is 5.97 Å². The minimum atomic E-state index is -3.79. The maximum absolute atomic E-state index is 12.4. The standard InChI is InChI=1S/C15H20INO4S/c1-4-21-15(18)14(9-11(2)3)17-22(19,20)13-7-5-12(10-16)6-8-13/h5-8,14,17H,2,4,9-10H2,1,3H3. The first-order chi connectivity index (χ1) is 10.3. The number of ether oxygens (including phenoxy) is 1. The molecule has 1 unspecified atom stereocenters. The van der Waals surface area contributed by atoms with Gasteiger partial charge in [-0.3, -0.25) is 4.79 Å². The Morgan fingerprint density at radius 2 is 1.95 bits per heavy atom. The fourth-order valence-electron chi connectivity index (χ4n) is 1.78. The normalized spacial score (nSPS) is 12.7. The van der Waals surface area contributed by atoms with Crippen molar-refractivity contribution < 1.29 is 17.9 Å². The van der Waals surface area contributed by atoms with Gasteiger partial charge in [-0.2, -0.15) is 4.72 Å². The molecule has 0 amide bonds. The molecule has 122 valence electrons. The number of esters is 1. The van der Waals surface area contributed by atoms with E-state index < -0.39 is 22.0 Å². The Bertz CT molecular complexity index is 625. The van der Waals surface area contributed by atoms with Crippen LogP contribution in [0, 0.1) is 0 Å². The van der Waals surface area contributed by atoms with E-state index in [1.807, 2.05) is 0 Å². The van der Waals surface area contributed by atoms with Crippen LogP contribution in [-0.4, -0.2) is 27.0 Å². The summed E-state index contributed by atoms with van der Waals surface area (Å²) in [5, 5.41) is 0. The number of halogens is 1. The van der Waals surface area contributed by atoms with Gasteiger partial charge in [-0.25, -0.2) is 8.42 Å². The molecule has 0 saturated carbocycles. The van der Waals surface area contributed by atoms with E-state index in [0.717, 1.165) is 9.99 Å². The average Bonchev–Trinajstić information content (AvgIpc) is 2.46. The van der Waals surface area contributed by atoms with Gasteiger partial charge in [-0.15, -0.1) is 6.58 Å². The second kappa shape index (κ2) is 8.64. The number of carbonyl (C=O) groups excluding carboxylic acids is 1. The van der Waals surface area contributed by atoms with Crippen molar-refractivity contribution in [3.05, 3.63) is 42.0 Å². The summed E-state index contributed by atoms with van der Waals surface area (Å²) in [7, 11) is -3.79. The molecule has 1 aromatic rings. The van der Waals surface area contributed by atoms with Crippen molar-refractivity contribution in [1.29, 1.82) is 0 Å². The first kappa shape index (κ1) is 19.1. The Labute approximate surface area is 145 Å². The highest BCUT2D eigenvalue weighted by Gasteiger charge is 2.26. The van der Waals surface area contributed by atoms with Crippen molar-refractivity contribution in [2.24, 2.45) is 0 Å². The molecule has 0 heterocycles. The quantitative estimate of drug-likeness (QED) is 0.294. The number of nitrogens with one attached hydrogen (secondary N) is 1. The summed E-state index contributed by atoms with van der Waals surface area (Å²) in [6.07, 6.45) is 0.198. The summed E-state index contributed by atoms with van der Waals surface area (Å²) in [4.78, 5) is 12.0. The predicted octanol–water partition coefficient (Wildman–Crippen LogP) is 2.80. The van der Waals surface area contributed by atoms with Crippen LogP contribution in [0.5, 0.6) is 0 Å². The molecule has 7 heteroatoms. The van der Waals surface area contributed by atoms with Crippen LogP contribution in [0.2, 0.25) is 0 Å². The van der Waals surface area contributed by atoms with Crippen molar-refractivity contribution >= 4 is 38.6 Å². The van der Waals surface area contributed by atoms with Crippen LogP contribution in [0.1, 0.15) is 25.8 Å². The molecule has 0 aliphatic rings. The molecule has 0 saturated heterocycles. The molecule has 0 radical (unpaired) electrons. The lowest BCUT2D eigenvalue weighted by molar-refractivity contribution is -0.145. The molecule has 1 N–H and O–H groups in total. The first-order valence-electron chi connectivity index (χ1n) is 6.78. The molecule has 0 bridgehead atoms. The second-order valence-electron chi connectivity index (χ2n) is 4.86. The lowest BCUT2D eigenvalue weighted by Crippen LogP contribution is -2.41. The third-order valence-electron chi connectivity index (χ3n) is 2.81. The van der Waals surface area contributed by atoms with Gasteiger partial charge in [0.15, 0.2) is 0 Å². The van der Waals surface area contributed by atoms with Crippen molar-refractivity contribution in [1.82, 2.24) is 4.72 Å². The molecule has 1 atom stereocenters. The summed E-state index contributed by atoms with van der Waals surface area (Å²) >= 11 is 2.20. The molecule has 1 aromatic carbocycles. The van der Waals surface area contributed by atoms with Gasteiger partial charge in [0.25, 0.3) is 0 Å². The second-order valence-corrected chi connectivity index (χ2v) is 7.34. The van der Waals surface area contributed by atoms with Crippen LogP contribution in [0.4, 0.5) is 0 Å². The number of rotatable bonds is 8. The molecular formula is C15H20INO4S. The van der Waals surface area contributed by atoms with Gasteiger partial charge in [-0.1, -0.05) is 40.3 Å². The Morgan fingerprint density at radius 1 is 1.36 bits per heavy atom. The number of hydrogen-bond donors (Lipinski definition) is 1. The average molecular weight is 437 g/mol. The Balaban J connectivity index is 2.97. The molecule has 0 fully saturated rings. The van der Waals surface area contributed by atoms with Crippen molar-refractivity contribution in [3.8, 4) is 0 Å². The lowest BCUT2D eigenvalue weighted by atomic mass is 10.1. The Morgan fingerprint density at radius 3 is 2.41 bits per heavy atom. The van der Waals surface area contributed by atoms with Gasteiger partial charge in [-0.05, 0) is 38.0 Å². The van der Waals surface area contributed by atoms with Crippen molar-refractivity contribution in [2.75, 3.05) is 6.61 Å². The van der Waals surface area contributed by atoms with E-state index in [2.05, 4.69) is 33.9 Å². The molecular weight excluding hydrogens is 417 g/mol. The van der Waals surface area contributed by atoms with E-state index in [1.54, 1.807) is 26.0 Å². The van der Waals surface area contributed by atoms with Gasteiger partial charge in [0, 0.05) is 4.43 Å². The molecule has 0 spiro atoms. The topological polar surface area (TPSA) is 72.5 Å². The maximum Gasteiger partial charge on any atom is 0.324 e. The van der Waals surface area contributed by atoms with E-state index in [0.29, 0.717) is 5.57 Å². The lowest BCUT2D eigenvalue weighted by Gasteiger charge is -2.17. The highest BCUT2D eigenvalue weighted by Crippen LogP contribution is 2.15. The third-order valence-corrected chi connectivity index (χ3v) is 5.18. The summed E-state index contributed by atoms with van der Waals surface area (Å²) in [5.41, 5.74) is 1.73. The van der Waals surface area contributed by atoms with E-state index in [4.69, 9.17) is 4.74 Å². The summed E-state index contributed by atoms with van der Waals surface area (Å²) < 4.78 is 32.9. The van der Waals surface area contributed by atoms with Crippen LogP contribution < -0.4 is 4.72 Å². The summed E-state index contributed by atoms with van der Waals surface area (Å²) in [5.74, 6) is -0.599. The van der Waals surface area contributed by atoms with Gasteiger partial charge in [0.05, 0.1) is 11.5 Å². The zero-order valence-electron chi connectivity index (χ0n) is 12.6.